The number of thioether (sulfide) groups is 1. The highest BCUT2D eigenvalue weighted by Crippen LogP contribution is 2.31. The molecule has 1 heterocycles. The molecule has 2 atom stereocenters. The Morgan fingerprint density at radius 3 is 2.35 bits per heavy atom. The molecule has 0 unspecified atom stereocenters. The standard InChI is InChI=1S/C14H15ClN2O5S/c1-21-12(18)10-7-23-11(13(19)22-2)17(10)14(20)16-9-5-3-8(15)4-6-9/h3-6,10-11H,7H2,1-2H3,(H,16,20)/t10-,11+/m0/s1. The van der Waals surface area contributed by atoms with Gasteiger partial charge >= 0.3 is 18.0 Å². The van der Waals surface area contributed by atoms with Crippen LogP contribution in [0.4, 0.5) is 10.5 Å². The quantitative estimate of drug-likeness (QED) is 0.831. The van der Waals surface area contributed by atoms with Gasteiger partial charge in [0.25, 0.3) is 0 Å². The highest BCUT2D eigenvalue weighted by atomic mass is 35.5. The molecular formula is C14H15ClN2O5S. The van der Waals surface area contributed by atoms with E-state index in [-0.39, 0.29) is 5.75 Å². The predicted molar refractivity (Wildman–Crippen MR) is 86.4 cm³/mol. The van der Waals surface area contributed by atoms with Crippen LogP contribution in [0.1, 0.15) is 0 Å². The summed E-state index contributed by atoms with van der Waals surface area (Å²) >= 11 is 6.94. The van der Waals surface area contributed by atoms with Crippen LogP contribution in [0.25, 0.3) is 0 Å². The molecule has 1 aromatic carbocycles. The topological polar surface area (TPSA) is 84.9 Å². The van der Waals surface area contributed by atoms with E-state index in [2.05, 4.69) is 5.32 Å². The Morgan fingerprint density at radius 2 is 1.78 bits per heavy atom. The average molecular weight is 359 g/mol. The third-order valence-corrected chi connectivity index (χ3v) is 4.70. The molecule has 0 aliphatic carbocycles. The molecule has 2 amide bonds. The molecule has 1 aliphatic rings. The molecule has 0 radical (unpaired) electrons. The lowest BCUT2D eigenvalue weighted by Gasteiger charge is -2.26. The van der Waals surface area contributed by atoms with Gasteiger partial charge in [-0.05, 0) is 24.3 Å². The Kier molecular flexibility index (Phi) is 5.73. The number of carbonyl (C=O) groups is 3. The van der Waals surface area contributed by atoms with E-state index in [0.29, 0.717) is 10.7 Å². The summed E-state index contributed by atoms with van der Waals surface area (Å²) in [6.45, 7) is 0. The number of esters is 2. The van der Waals surface area contributed by atoms with Crippen molar-refractivity contribution in [2.24, 2.45) is 0 Å². The van der Waals surface area contributed by atoms with Gasteiger partial charge in [0, 0.05) is 16.5 Å². The van der Waals surface area contributed by atoms with Gasteiger partial charge in [0.2, 0.25) is 0 Å². The summed E-state index contributed by atoms with van der Waals surface area (Å²) in [6.07, 6.45) is 0. The van der Waals surface area contributed by atoms with E-state index in [9.17, 15) is 14.4 Å². The van der Waals surface area contributed by atoms with Crippen LogP contribution in [0.5, 0.6) is 0 Å². The first-order chi connectivity index (χ1) is 11.0. The predicted octanol–water partition coefficient (Wildman–Crippen LogP) is 1.96. The molecule has 0 spiro atoms. The van der Waals surface area contributed by atoms with Crippen LogP contribution in [0, 0.1) is 0 Å². The minimum Gasteiger partial charge on any atom is -0.467 e. The lowest BCUT2D eigenvalue weighted by molar-refractivity contribution is -0.147. The number of amides is 2. The Labute approximate surface area is 142 Å². The van der Waals surface area contributed by atoms with Crippen molar-refractivity contribution in [3.05, 3.63) is 29.3 Å². The van der Waals surface area contributed by atoms with Crippen molar-refractivity contribution < 1.29 is 23.9 Å². The molecule has 1 aliphatic heterocycles. The van der Waals surface area contributed by atoms with Crippen LogP contribution in [-0.2, 0) is 19.1 Å². The molecule has 1 fully saturated rings. The van der Waals surface area contributed by atoms with Crippen LogP contribution in [-0.4, -0.2) is 54.3 Å². The molecule has 1 N–H and O–H groups in total. The zero-order chi connectivity index (χ0) is 17.0. The fourth-order valence-corrected chi connectivity index (χ4v) is 3.50. The fourth-order valence-electron chi connectivity index (χ4n) is 2.08. The number of anilines is 1. The minimum atomic E-state index is -0.906. The van der Waals surface area contributed by atoms with Crippen LogP contribution >= 0.6 is 23.4 Å². The number of methoxy groups -OCH3 is 2. The monoisotopic (exact) mass is 358 g/mol. The first-order valence-electron chi connectivity index (χ1n) is 6.60. The smallest absolute Gasteiger partial charge is 0.339 e. The van der Waals surface area contributed by atoms with E-state index < -0.39 is 29.4 Å². The van der Waals surface area contributed by atoms with Gasteiger partial charge in [-0.25, -0.2) is 14.4 Å². The molecule has 0 bridgehead atoms. The molecule has 9 heteroatoms. The zero-order valence-electron chi connectivity index (χ0n) is 12.4. The van der Waals surface area contributed by atoms with E-state index in [4.69, 9.17) is 21.1 Å². The third kappa shape index (κ3) is 3.89. The van der Waals surface area contributed by atoms with Gasteiger partial charge in [-0.1, -0.05) is 11.6 Å². The summed E-state index contributed by atoms with van der Waals surface area (Å²) in [5, 5.41) is 2.25. The minimum absolute atomic E-state index is 0.250. The normalized spacial score (nSPS) is 20.0. The summed E-state index contributed by atoms with van der Waals surface area (Å²) in [7, 11) is 2.46. The van der Waals surface area contributed by atoms with Crippen molar-refractivity contribution >= 4 is 47.0 Å². The number of nitrogens with one attached hydrogen (secondary N) is 1. The molecule has 2 rings (SSSR count). The summed E-state index contributed by atoms with van der Waals surface area (Å²) in [5.41, 5.74) is 0.489. The maximum atomic E-state index is 12.5. The summed E-state index contributed by atoms with van der Waals surface area (Å²) < 4.78 is 9.39. The lowest BCUT2D eigenvalue weighted by atomic mass is 10.3. The van der Waals surface area contributed by atoms with Gasteiger partial charge in [-0.15, -0.1) is 11.8 Å². The number of carbonyl (C=O) groups excluding carboxylic acids is 3. The van der Waals surface area contributed by atoms with E-state index >= 15 is 0 Å². The van der Waals surface area contributed by atoms with Gasteiger partial charge in [0.1, 0.15) is 6.04 Å². The number of nitrogens with zero attached hydrogens (tertiary/aromatic N) is 1. The lowest BCUT2D eigenvalue weighted by Crippen LogP contribution is -2.50. The van der Waals surface area contributed by atoms with Crippen LogP contribution in [0.3, 0.4) is 0 Å². The molecule has 23 heavy (non-hydrogen) atoms. The number of halogens is 1. The summed E-state index contributed by atoms with van der Waals surface area (Å²) in [5.74, 6) is -0.941. The van der Waals surface area contributed by atoms with Crippen LogP contribution in [0.15, 0.2) is 24.3 Å². The highest BCUT2D eigenvalue weighted by molar-refractivity contribution is 8.00. The molecule has 124 valence electrons. The van der Waals surface area contributed by atoms with E-state index in [0.717, 1.165) is 16.7 Å². The van der Waals surface area contributed by atoms with E-state index in [1.165, 1.54) is 14.2 Å². The van der Waals surface area contributed by atoms with Gasteiger partial charge < -0.3 is 14.8 Å². The second-order valence-electron chi connectivity index (χ2n) is 4.59. The first-order valence-corrected chi connectivity index (χ1v) is 8.02. The van der Waals surface area contributed by atoms with Crippen molar-refractivity contribution in [2.75, 3.05) is 25.3 Å². The Hall–Kier alpha value is -1.93. The Bertz CT molecular complexity index is 586. The molecule has 0 saturated carbocycles. The van der Waals surface area contributed by atoms with Crippen molar-refractivity contribution in [1.82, 2.24) is 4.90 Å². The van der Waals surface area contributed by atoms with Gasteiger partial charge in [0.05, 0.1) is 14.2 Å². The van der Waals surface area contributed by atoms with Gasteiger partial charge in [-0.2, -0.15) is 0 Å². The first kappa shape index (κ1) is 17.4. The number of ether oxygens (including phenoxy) is 2. The summed E-state index contributed by atoms with van der Waals surface area (Å²) in [6, 6.07) is 5.01. The molecule has 0 aromatic heterocycles. The molecule has 1 aromatic rings. The second kappa shape index (κ2) is 7.56. The van der Waals surface area contributed by atoms with E-state index in [1.807, 2.05) is 0 Å². The molecular weight excluding hydrogens is 344 g/mol. The van der Waals surface area contributed by atoms with Crippen molar-refractivity contribution in [3.63, 3.8) is 0 Å². The number of urea groups is 1. The third-order valence-electron chi connectivity index (χ3n) is 3.21. The number of hydrogen-bond donors (Lipinski definition) is 1. The van der Waals surface area contributed by atoms with Crippen molar-refractivity contribution in [1.29, 1.82) is 0 Å². The average Bonchev–Trinajstić information content (AvgIpc) is 3.00. The number of benzene rings is 1. The van der Waals surface area contributed by atoms with Gasteiger partial charge in [-0.3, -0.25) is 4.90 Å². The molecule has 1 saturated heterocycles. The Morgan fingerprint density at radius 1 is 1.17 bits per heavy atom. The van der Waals surface area contributed by atoms with E-state index in [1.54, 1.807) is 24.3 Å². The zero-order valence-corrected chi connectivity index (χ0v) is 14.0. The highest BCUT2D eigenvalue weighted by Gasteiger charge is 2.46. The number of rotatable bonds is 3. The van der Waals surface area contributed by atoms with Crippen molar-refractivity contribution in [3.8, 4) is 0 Å². The van der Waals surface area contributed by atoms with Gasteiger partial charge in [0.15, 0.2) is 5.37 Å². The number of hydrogen-bond acceptors (Lipinski definition) is 6. The second-order valence-corrected chi connectivity index (χ2v) is 6.14. The van der Waals surface area contributed by atoms with Crippen LogP contribution in [0.2, 0.25) is 5.02 Å². The Balaban J connectivity index is 2.21. The maximum Gasteiger partial charge on any atom is 0.339 e. The molecule has 7 nitrogen and oxygen atoms in total. The summed E-state index contributed by atoms with van der Waals surface area (Å²) in [4.78, 5) is 37.4. The SMILES string of the molecule is COC(=O)[C@H]1SC[C@@H](C(=O)OC)N1C(=O)Nc1ccc(Cl)cc1. The fraction of sp³-hybridized carbons (Fsp3) is 0.357. The largest absolute Gasteiger partial charge is 0.467 e. The van der Waals surface area contributed by atoms with Crippen LogP contribution < -0.4 is 5.32 Å². The maximum absolute atomic E-state index is 12.5. The van der Waals surface area contributed by atoms with Crippen molar-refractivity contribution in [2.45, 2.75) is 11.4 Å².